The van der Waals surface area contributed by atoms with Crippen LogP contribution in [0, 0.1) is 0 Å². The van der Waals surface area contributed by atoms with E-state index in [2.05, 4.69) is 12.2 Å². The largest absolute Gasteiger partial charge is 0.394 e. The Labute approximate surface area is 411 Å². The molecule has 0 aromatic rings. The fraction of sp³-hybridized carbons (Fsp3) is 0.980. The lowest BCUT2D eigenvalue weighted by Crippen LogP contribution is -2.66. The lowest BCUT2D eigenvalue weighted by atomic mass is 9.96. The van der Waals surface area contributed by atoms with E-state index >= 15 is 0 Å². The number of rotatable bonds is 38. The average molecular weight is 998 g/mol. The minimum atomic E-state index is -1.97. The first-order chi connectivity index (χ1) is 33.3. The molecule has 0 aliphatic carbocycles. The van der Waals surface area contributed by atoms with Crippen LogP contribution in [0.2, 0.25) is 0 Å². The second-order valence-corrected chi connectivity index (χ2v) is 19.7. The Balaban J connectivity index is 1.39. The van der Waals surface area contributed by atoms with E-state index in [0.29, 0.717) is 12.8 Å². The molecule has 408 valence electrons. The summed E-state index contributed by atoms with van der Waals surface area (Å²) in [5.41, 5.74) is 0. The lowest BCUT2D eigenvalue weighted by molar-refractivity contribution is -0.379. The molecule has 1 amide bonds. The van der Waals surface area contributed by atoms with Gasteiger partial charge in [0.25, 0.3) is 0 Å². The third kappa shape index (κ3) is 21.7. The van der Waals surface area contributed by atoms with E-state index in [1.165, 1.54) is 116 Å². The molecular formula is C50H95NO18. The summed E-state index contributed by atoms with van der Waals surface area (Å²) in [7, 11) is 0. The molecule has 3 saturated heterocycles. The van der Waals surface area contributed by atoms with Crippen LogP contribution in [0.25, 0.3) is 0 Å². The molecule has 17 unspecified atom stereocenters. The number of aliphatic hydroxyl groups is 11. The Hall–Kier alpha value is -1.21. The Morgan fingerprint density at radius 1 is 0.464 bits per heavy atom. The highest BCUT2D eigenvalue weighted by Crippen LogP contribution is 2.33. The number of nitrogens with one attached hydrogen (secondary N) is 1. The lowest BCUT2D eigenvalue weighted by Gasteiger charge is -2.48. The van der Waals surface area contributed by atoms with Crippen LogP contribution in [0.4, 0.5) is 0 Å². The number of hydrogen-bond acceptors (Lipinski definition) is 18. The molecule has 17 atom stereocenters. The standard InChI is InChI=1S/C50H95NO18/c1-3-5-7-8-9-10-11-12-13-14-15-16-17-18-19-20-21-22-23-24-25-26-27-34(55)33(51-38(56)28-6-4-2)32-64-48-44(62)41(59)46(36(30-53)66-48)69-50-45(63)42(60)47(37(31-54)67-50)68-49-43(61)40(58)39(57)35(29-52)65-49/h33-37,39-50,52-55,57-63H,3-32H2,1-2H3,(H,51,56). The van der Waals surface area contributed by atoms with E-state index < -0.39 is 124 Å². The monoisotopic (exact) mass is 998 g/mol. The normalized spacial score (nSPS) is 32.8. The van der Waals surface area contributed by atoms with E-state index in [1.54, 1.807) is 0 Å². The van der Waals surface area contributed by atoms with Crippen molar-refractivity contribution in [2.75, 3.05) is 26.4 Å². The van der Waals surface area contributed by atoms with E-state index in [0.717, 1.165) is 32.1 Å². The molecule has 19 nitrogen and oxygen atoms in total. The zero-order chi connectivity index (χ0) is 50.6. The van der Waals surface area contributed by atoms with Gasteiger partial charge in [-0.15, -0.1) is 0 Å². The van der Waals surface area contributed by atoms with Crippen molar-refractivity contribution in [2.24, 2.45) is 0 Å². The molecule has 12 N–H and O–H groups in total. The highest BCUT2D eigenvalue weighted by atomic mass is 16.8. The van der Waals surface area contributed by atoms with Crippen LogP contribution in [-0.4, -0.2) is 193 Å². The van der Waals surface area contributed by atoms with Crippen molar-refractivity contribution < 1.29 is 89.4 Å². The molecule has 0 radical (unpaired) electrons. The number of aliphatic hydroxyl groups excluding tert-OH is 11. The first-order valence-corrected chi connectivity index (χ1v) is 26.8. The predicted molar refractivity (Wildman–Crippen MR) is 254 cm³/mol. The van der Waals surface area contributed by atoms with Gasteiger partial charge in [-0.05, 0) is 12.8 Å². The number of carbonyl (C=O) groups is 1. The van der Waals surface area contributed by atoms with E-state index in [1.807, 2.05) is 6.92 Å². The Kier molecular flexibility index (Phi) is 32.3. The summed E-state index contributed by atoms with van der Waals surface area (Å²) >= 11 is 0. The maximum absolute atomic E-state index is 12.8. The van der Waals surface area contributed by atoms with Gasteiger partial charge in [-0.2, -0.15) is 0 Å². The number of carbonyl (C=O) groups excluding carboxylic acids is 1. The second-order valence-electron chi connectivity index (χ2n) is 19.7. The van der Waals surface area contributed by atoms with E-state index in [9.17, 15) is 61.0 Å². The fourth-order valence-electron chi connectivity index (χ4n) is 9.41. The van der Waals surface area contributed by atoms with E-state index in [4.69, 9.17) is 28.4 Å². The SMILES string of the molecule is CCCCCCCCCCCCCCCCCCCCCCCCC(O)C(COC1OC(CO)C(OC2OC(CO)C(OC3OC(CO)C(O)C(O)C3O)C(O)C2O)C(O)C1O)NC(=O)CCCC. The minimum Gasteiger partial charge on any atom is -0.394 e. The van der Waals surface area contributed by atoms with Crippen molar-refractivity contribution >= 4 is 5.91 Å². The fourth-order valence-corrected chi connectivity index (χ4v) is 9.41. The molecule has 0 saturated carbocycles. The van der Waals surface area contributed by atoms with E-state index in [-0.39, 0.29) is 18.9 Å². The quantitative estimate of drug-likeness (QED) is 0.0396. The molecular weight excluding hydrogens is 903 g/mol. The number of unbranched alkanes of at least 4 members (excludes halogenated alkanes) is 22. The number of hydrogen-bond donors (Lipinski definition) is 12. The highest BCUT2D eigenvalue weighted by molar-refractivity contribution is 5.76. The predicted octanol–water partition coefficient (Wildman–Crippen LogP) is 2.48. The van der Waals surface area contributed by atoms with Crippen LogP contribution in [0.1, 0.15) is 181 Å². The van der Waals surface area contributed by atoms with Gasteiger partial charge in [0, 0.05) is 6.42 Å². The Bertz CT molecular complexity index is 1290. The highest BCUT2D eigenvalue weighted by Gasteiger charge is 2.53. The van der Waals surface area contributed by atoms with Gasteiger partial charge in [0.15, 0.2) is 18.9 Å². The molecule has 0 bridgehead atoms. The maximum atomic E-state index is 12.8. The van der Waals surface area contributed by atoms with Crippen LogP contribution in [0.5, 0.6) is 0 Å². The first kappa shape index (κ1) is 62.1. The third-order valence-electron chi connectivity index (χ3n) is 13.9. The van der Waals surface area contributed by atoms with Crippen LogP contribution >= 0.6 is 0 Å². The van der Waals surface area contributed by atoms with Crippen molar-refractivity contribution in [3.05, 3.63) is 0 Å². The van der Waals surface area contributed by atoms with Gasteiger partial charge in [0.05, 0.1) is 38.6 Å². The van der Waals surface area contributed by atoms with Gasteiger partial charge in [-0.1, -0.05) is 162 Å². The van der Waals surface area contributed by atoms with Crippen molar-refractivity contribution in [3.8, 4) is 0 Å². The van der Waals surface area contributed by atoms with Gasteiger partial charge in [0.1, 0.15) is 73.2 Å². The molecule has 3 aliphatic rings. The number of ether oxygens (including phenoxy) is 6. The number of amides is 1. The van der Waals surface area contributed by atoms with Crippen molar-refractivity contribution in [3.63, 3.8) is 0 Å². The molecule has 3 heterocycles. The van der Waals surface area contributed by atoms with Crippen molar-refractivity contribution in [1.29, 1.82) is 0 Å². The second kappa shape index (κ2) is 35.9. The molecule has 3 fully saturated rings. The van der Waals surface area contributed by atoms with Gasteiger partial charge < -0.3 is 89.9 Å². The third-order valence-corrected chi connectivity index (χ3v) is 13.9. The first-order valence-electron chi connectivity index (χ1n) is 26.8. The van der Waals surface area contributed by atoms with Crippen molar-refractivity contribution in [1.82, 2.24) is 5.32 Å². The van der Waals surface area contributed by atoms with Crippen LogP contribution in [0.15, 0.2) is 0 Å². The summed E-state index contributed by atoms with van der Waals surface area (Å²) in [6, 6.07) is -0.875. The zero-order valence-corrected chi connectivity index (χ0v) is 41.8. The average Bonchev–Trinajstić information content (AvgIpc) is 3.35. The minimum absolute atomic E-state index is 0.244. The van der Waals surface area contributed by atoms with Crippen LogP contribution in [-0.2, 0) is 33.2 Å². The van der Waals surface area contributed by atoms with Gasteiger partial charge in [-0.3, -0.25) is 4.79 Å². The Morgan fingerprint density at radius 2 is 0.826 bits per heavy atom. The van der Waals surface area contributed by atoms with Gasteiger partial charge in [-0.25, -0.2) is 0 Å². The van der Waals surface area contributed by atoms with Crippen LogP contribution in [0.3, 0.4) is 0 Å². The summed E-state index contributed by atoms with van der Waals surface area (Å²) in [4.78, 5) is 12.8. The molecule has 3 rings (SSSR count). The maximum Gasteiger partial charge on any atom is 0.220 e. The summed E-state index contributed by atoms with van der Waals surface area (Å²) in [6.07, 6.45) is 3.67. The molecule has 0 aromatic heterocycles. The Morgan fingerprint density at radius 3 is 1.25 bits per heavy atom. The van der Waals surface area contributed by atoms with Gasteiger partial charge >= 0.3 is 0 Å². The summed E-state index contributed by atoms with van der Waals surface area (Å²) < 4.78 is 34.0. The van der Waals surface area contributed by atoms with Gasteiger partial charge in [0.2, 0.25) is 5.91 Å². The summed E-state index contributed by atoms with van der Waals surface area (Å²) in [5.74, 6) is -0.277. The van der Waals surface area contributed by atoms with Crippen LogP contribution < -0.4 is 5.32 Å². The molecule has 0 aromatic carbocycles. The molecule has 0 spiro atoms. The molecule has 19 heteroatoms. The summed E-state index contributed by atoms with van der Waals surface area (Å²) in [6.45, 7) is 1.52. The smallest absolute Gasteiger partial charge is 0.220 e. The zero-order valence-electron chi connectivity index (χ0n) is 41.8. The van der Waals surface area contributed by atoms with Crippen molar-refractivity contribution in [2.45, 2.75) is 285 Å². The summed E-state index contributed by atoms with van der Waals surface area (Å²) in [5, 5.41) is 119. The topological polar surface area (TPSA) is 307 Å². The molecule has 69 heavy (non-hydrogen) atoms. The molecule has 3 aliphatic heterocycles.